The molecule has 121 heavy (non-hydrogen) atoms. The van der Waals surface area contributed by atoms with Crippen molar-refractivity contribution in [3.63, 3.8) is 0 Å². The Kier molecular flexibility index (Phi) is 24.8. The number of thiophene rings is 4. The van der Waals surface area contributed by atoms with E-state index in [1.165, 1.54) is 172 Å². The third-order valence-electron chi connectivity index (χ3n) is 24.9. The Bertz CT molecular complexity index is 6590. The lowest BCUT2D eigenvalue weighted by molar-refractivity contribution is -0.137. The summed E-state index contributed by atoms with van der Waals surface area (Å²) in [6.45, 7) is 19.6. The number of fused-ring (bicyclic) bond motifs is 10. The van der Waals surface area contributed by atoms with Gasteiger partial charge in [0.05, 0.1) is 29.5 Å². The van der Waals surface area contributed by atoms with Crippen molar-refractivity contribution in [2.75, 3.05) is 13.2 Å². The van der Waals surface area contributed by atoms with Crippen LogP contribution < -0.4 is 14.9 Å². The summed E-state index contributed by atoms with van der Waals surface area (Å²) in [5, 5.41) is 13.5. The molecule has 610 valence electrons. The van der Waals surface area contributed by atoms with Gasteiger partial charge in [-0.1, -0.05) is 180 Å². The van der Waals surface area contributed by atoms with Crippen LogP contribution in [0.4, 0.5) is 13.2 Å². The third kappa shape index (κ3) is 17.6. The molecule has 5 heterocycles. The number of halogens is 3. The summed E-state index contributed by atoms with van der Waals surface area (Å²) in [5.41, 5.74) is 5.55. The van der Waals surface area contributed by atoms with Gasteiger partial charge in [-0.15, -0.1) is 0 Å². The van der Waals surface area contributed by atoms with Crippen molar-refractivity contribution in [1.29, 1.82) is 0 Å². The maximum atomic E-state index is 13.1. The molecule has 0 radical (unpaired) electrons. The van der Waals surface area contributed by atoms with Gasteiger partial charge in [-0.3, -0.25) is 4.79 Å². The second-order valence-corrected chi connectivity index (χ2v) is 43.7. The molecule has 4 bridgehead atoms. The van der Waals surface area contributed by atoms with Crippen LogP contribution in [0.5, 0.6) is 11.5 Å². The molecule has 4 aliphatic rings. The van der Waals surface area contributed by atoms with Crippen LogP contribution in [0, 0.1) is 57.3 Å². The number of hydrogen-bond donors (Lipinski definition) is 0. The molecule has 11 heteroatoms. The van der Waals surface area contributed by atoms with Gasteiger partial charge in [-0.2, -0.15) is 13.2 Å². The average Bonchev–Trinajstić information content (AvgIpc) is 1.74. The molecule has 13 aromatic carbocycles. The Morgan fingerprint density at radius 1 is 0.339 bits per heavy atom. The van der Waals surface area contributed by atoms with Gasteiger partial charge in [-0.25, -0.2) is 0 Å². The minimum atomic E-state index is -4.47. The maximum Gasteiger partial charge on any atom is 0.416 e. The fraction of sp³-hybridized carbons (Fsp3) is 0.245. The van der Waals surface area contributed by atoms with Gasteiger partial charge < -0.3 is 9.47 Å². The molecule has 22 rings (SSSR count). The molecule has 4 aliphatic carbocycles. The lowest BCUT2D eigenvalue weighted by Gasteiger charge is -2.54. The molecule has 0 saturated heterocycles. The average molecular weight is 1690 g/mol. The minimum absolute atomic E-state index is 0.0350. The third-order valence-corrected chi connectivity index (χ3v) is 35.9. The van der Waals surface area contributed by atoms with E-state index in [9.17, 15) is 18.0 Å². The van der Waals surface area contributed by atoms with Gasteiger partial charge in [0.1, 0.15) is 22.3 Å². The van der Waals surface area contributed by atoms with E-state index in [0.29, 0.717) is 10.1 Å². The summed E-state index contributed by atoms with van der Waals surface area (Å²) in [6.07, 6.45) is 9.30. The highest BCUT2D eigenvalue weighted by atomic mass is 32.2. The van der Waals surface area contributed by atoms with Crippen molar-refractivity contribution in [1.82, 2.24) is 0 Å². The first-order chi connectivity index (χ1) is 58.8. The summed E-state index contributed by atoms with van der Waals surface area (Å²) in [5.74, 6) is 7.22. The van der Waals surface area contributed by atoms with Crippen LogP contribution in [0.3, 0.4) is 0 Å². The summed E-state index contributed by atoms with van der Waals surface area (Å²) in [6, 6.07) is 107. The molecule has 0 amide bonds. The SMILES string of the molecule is CC(C)(C)c1ccc(-[s+]2ccc3ccccc32)cc1.CCCCCCOc1c(C)cc(-[s+]2c3ccccc3c3ccccc32)cc1C.Cc1cc(-[s+]2c3ccccc3c3ccccc32)cc(C)c1OCCC1C2CC3CC(C2)CC1C3.O=c1c2ccccc2[s+](-c2ccccc2)c2ccc(C(F)(F)F)cc12.c1ccc(-[s+]2ccc3ccccc32)cc1. The Morgan fingerprint density at radius 2 is 0.702 bits per heavy atom. The van der Waals surface area contributed by atoms with Crippen LogP contribution in [-0.2, 0) is 11.6 Å². The second-order valence-electron chi connectivity index (χ2n) is 34.1. The number of benzene rings is 13. The Morgan fingerprint density at radius 3 is 1.14 bits per heavy atom. The van der Waals surface area contributed by atoms with Gasteiger partial charge in [0, 0.05) is 121 Å². The largest absolute Gasteiger partial charge is 0.493 e. The molecular formula is C110H106F3O3S5+5. The Labute approximate surface area is 723 Å². The molecule has 0 aliphatic heterocycles. The van der Waals surface area contributed by atoms with E-state index in [2.05, 4.69) is 303 Å². The topological polar surface area (TPSA) is 35.5 Å². The molecule has 18 aromatic rings. The van der Waals surface area contributed by atoms with Crippen molar-refractivity contribution in [3.05, 3.63) is 364 Å². The lowest BCUT2D eigenvalue weighted by atomic mass is 9.51. The standard InChI is InChI=1S/C32H35OS.C26H29OS.C20H12F3OS.C18H19S.C14H11S/c1-20-13-26(34-30-9-5-3-7-28(30)29-8-4-6-10-31(29)34)14-21(2)32(20)33-12-11-27-24-16-22-15-23(18-24)19-25(27)17-22;1-4-5-6-11-16-27-26-19(2)17-21(18-20(26)3)28-24-14-9-7-12-22(24)23-13-8-10-15-25(23)28;21-20(22,23)13-10-11-18-16(12-13)19(24)15-8-4-5-9-17(15)25(18)14-6-2-1-3-7-14;1-18(2,3)15-8-10-16(11-9-15)19-13-12-14-6-4-5-7-17(14)19;1-2-7-13(8-3-1)15-11-10-12-6-4-5-9-14(12)15/h3-10,13-14,22-25,27H,11-12,15-19H2,1-2H3;7-10,12-15,17-18H,4-6,11,16H2,1-3H3;1-12H;4-13H,1-3H3;1-11H/q5*+1. The van der Waals surface area contributed by atoms with Crippen LogP contribution in [0.2, 0.25) is 0 Å². The van der Waals surface area contributed by atoms with Crippen molar-refractivity contribution in [3.8, 4) is 36.0 Å². The van der Waals surface area contributed by atoms with Gasteiger partial charge in [0.25, 0.3) is 0 Å². The van der Waals surface area contributed by atoms with Crippen LogP contribution >= 0.6 is 52.3 Å². The normalized spacial score (nSPS) is 16.5. The quantitative estimate of drug-likeness (QED) is 0.0583. The summed E-state index contributed by atoms with van der Waals surface area (Å²) >= 11 is 0. The fourth-order valence-electron chi connectivity index (χ4n) is 19.3. The molecule has 4 saturated carbocycles. The minimum Gasteiger partial charge on any atom is -0.493 e. The van der Waals surface area contributed by atoms with E-state index >= 15 is 0 Å². The van der Waals surface area contributed by atoms with E-state index in [1.807, 2.05) is 42.5 Å². The number of unbranched alkanes of at least 4 members (excludes halogenated alkanes) is 3. The maximum absolute atomic E-state index is 13.1. The molecule has 3 unspecified atom stereocenters. The van der Waals surface area contributed by atoms with Gasteiger partial charge in [0.15, 0.2) is 62.1 Å². The number of hydrogen-bond acceptors (Lipinski definition) is 3. The Hall–Kier alpha value is -10.5. The highest BCUT2D eigenvalue weighted by molar-refractivity contribution is 7.51. The van der Waals surface area contributed by atoms with Crippen LogP contribution in [-0.4, -0.2) is 13.2 Å². The van der Waals surface area contributed by atoms with Crippen molar-refractivity contribution >= 4 is 133 Å². The Balaban J connectivity index is 0.000000110. The first kappa shape index (κ1) is 82.8. The van der Waals surface area contributed by atoms with Gasteiger partial charge >= 0.3 is 6.18 Å². The summed E-state index contributed by atoms with van der Waals surface area (Å²) in [4.78, 5) is 19.4. The smallest absolute Gasteiger partial charge is 0.416 e. The van der Waals surface area contributed by atoms with Gasteiger partial charge in [0.2, 0.25) is 5.43 Å². The predicted molar refractivity (Wildman–Crippen MR) is 521 cm³/mol. The molecule has 5 aromatic heterocycles. The number of rotatable bonds is 15. The number of alkyl halides is 3. The van der Waals surface area contributed by atoms with E-state index in [4.69, 9.17) is 9.47 Å². The van der Waals surface area contributed by atoms with E-state index < -0.39 is 22.2 Å². The van der Waals surface area contributed by atoms with E-state index in [-0.39, 0.29) is 58.1 Å². The lowest BCUT2D eigenvalue weighted by Crippen LogP contribution is -2.45. The zero-order valence-electron chi connectivity index (χ0n) is 70.4. The highest BCUT2D eigenvalue weighted by Crippen LogP contribution is 2.58. The predicted octanol–water partition coefficient (Wildman–Crippen LogP) is 34.1. The van der Waals surface area contributed by atoms with Crippen molar-refractivity contribution in [2.24, 2.45) is 29.6 Å². The van der Waals surface area contributed by atoms with E-state index in [1.54, 1.807) is 12.1 Å². The first-order valence-corrected chi connectivity index (χ1v) is 49.2. The molecular weight excluding hydrogens is 1590 g/mol. The monoisotopic (exact) mass is 1690 g/mol. The summed E-state index contributed by atoms with van der Waals surface area (Å²) < 4.78 is 62.2. The second kappa shape index (κ2) is 36.3. The molecule has 0 spiro atoms. The highest BCUT2D eigenvalue weighted by Gasteiger charge is 2.48. The molecule has 3 atom stereocenters. The zero-order chi connectivity index (χ0) is 83.5. The molecule has 4 fully saturated rings. The first-order valence-electron chi connectivity index (χ1n) is 43.0. The molecule has 3 nitrogen and oxygen atoms in total. The zero-order valence-corrected chi connectivity index (χ0v) is 74.5. The van der Waals surface area contributed by atoms with Crippen LogP contribution in [0.1, 0.15) is 125 Å². The van der Waals surface area contributed by atoms with Gasteiger partial charge in [-0.05, 0) is 275 Å². The molecule has 0 N–H and O–H groups in total. The summed E-state index contributed by atoms with van der Waals surface area (Å²) in [7, 11) is -0.401. The van der Waals surface area contributed by atoms with Crippen LogP contribution in [0.25, 0.3) is 105 Å². The number of ether oxygens (including phenoxy) is 2. The van der Waals surface area contributed by atoms with E-state index in [0.717, 1.165) is 82.5 Å². The van der Waals surface area contributed by atoms with Crippen molar-refractivity contribution < 1.29 is 22.6 Å². The number of aryl methyl sites for hydroxylation is 4. The van der Waals surface area contributed by atoms with Crippen molar-refractivity contribution in [2.45, 2.75) is 131 Å². The van der Waals surface area contributed by atoms with Crippen LogP contribution in [0.15, 0.2) is 325 Å². The fourth-order valence-corrected chi connectivity index (χ4v) is 30.6.